The Morgan fingerprint density at radius 1 is 1.56 bits per heavy atom. The molecule has 1 aliphatic heterocycles. The van der Waals surface area contributed by atoms with Crippen LogP contribution < -0.4 is 0 Å². The molecule has 0 aromatic rings. The lowest BCUT2D eigenvalue weighted by Crippen LogP contribution is -2.27. The number of hydrogen-bond donors (Lipinski definition) is 0. The van der Waals surface area contributed by atoms with Gasteiger partial charge in [-0.3, -0.25) is 0 Å². The molecule has 0 aromatic heterocycles. The minimum atomic E-state index is 0.392. The van der Waals surface area contributed by atoms with Crippen LogP contribution in [0.3, 0.4) is 0 Å². The van der Waals surface area contributed by atoms with Gasteiger partial charge in [0.15, 0.2) is 0 Å². The van der Waals surface area contributed by atoms with Crippen LogP contribution in [0.2, 0.25) is 0 Å². The van der Waals surface area contributed by atoms with Crippen molar-refractivity contribution in [3.63, 3.8) is 0 Å². The fraction of sp³-hybridized carbons (Fsp3) is 1.00. The Hall–Kier alpha value is -0.0800. The fourth-order valence-corrected chi connectivity index (χ4v) is 1.17. The Labute approximate surface area is 56.2 Å². The molecule has 1 saturated heterocycles. The molecular weight excluding hydrogens is 116 g/mol. The summed E-state index contributed by atoms with van der Waals surface area (Å²) >= 11 is 0. The van der Waals surface area contributed by atoms with Crippen molar-refractivity contribution in [3.8, 4) is 0 Å². The first-order valence-electron chi connectivity index (χ1n) is 3.47. The Bertz CT molecular complexity index is 83.0. The van der Waals surface area contributed by atoms with E-state index in [0.717, 1.165) is 19.4 Å². The highest BCUT2D eigenvalue weighted by atomic mass is 16.5. The van der Waals surface area contributed by atoms with Crippen LogP contribution in [0, 0.1) is 0 Å². The molecule has 0 saturated carbocycles. The summed E-state index contributed by atoms with van der Waals surface area (Å²) in [6, 6.07) is 0. The maximum atomic E-state index is 5.33. The molecule has 9 heavy (non-hydrogen) atoms. The minimum Gasteiger partial charge on any atom is -0.381 e. The third-order valence-electron chi connectivity index (χ3n) is 1.77. The van der Waals surface area contributed by atoms with E-state index in [1.165, 1.54) is 0 Å². The largest absolute Gasteiger partial charge is 0.381 e. The van der Waals surface area contributed by atoms with Gasteiger partial charge in [-0.2, -0.15) is 0 Å². The lowest BCUT2D eigenvalue weighted by molar-refractivity contribution is -0.0503. The Morgan fingerprint density at radius 2 is 2.33 bits per heavy atom. The van der Waals surface area contributed by atoms with E-state index in [2.05, 4.69) is 6.92 Å². The van der Waals surface area contributed by atoms with Crippen LogP contribution in [-0.4, -0.2) is 25.9 Å². The van der Waals surface area contributed by atoms with Crippen molar-refractivity contribution < 1.29 is 9.47 Å². The van der Waals surface area contributed by atoms with Crippen molar-refractivity contribution in [2.45, 2.75) is 32.0 Å². The third kappa shape index (κ3) is 1.95. The zero-order valence-corrected chi connectivity index (χ0v) is 6.09. The summed E-state index contributed by atoms with van der Waals surface area (Å²) in [5.74, 6) is 0. The van der Waals surface area contributed by atoms with Gasteiger partial charge in [0.25, 0.3) is 0 Å². The smallest absolute Gasteiger partial charge is 0.0617 e. The molecule has 54 valence electrons. The molecule has 2 atom stereocenters. The quantitative estimate of drug-likeness (QED) is 0.531. The lowest BCUT2D eigenvalue weighted by Gasteiger charge is -2.25. The number of hydrogen-bond acceptors (Lipinski definition) is 2. The Kier molecular flexibility index (Phi) is 2.49. The maximum Gasteiger partial charge on any atom is 0.0617 e. The fourth-order valence-electron chi connectivity index (χ4n) is 1.17. The van der Waals surface area contributed by atoms with E-state index in [4.69, 9.17) is 9.47 Å². The molecule has 1 rings (SSSR count). The van der Waals surface area contributed by atoms with E-state index in [1.807, 2.05) is 0 Å². The average Bonchev–Trinajstić information content (AvgIpc) is 1.88. The summed E-state index contributed by atoms with van der Waals surface area (Å²) in [4.78, 5) is 0. The van der Waals surface area contributed by atoms with Crippen molar-refractivity contribution in [1.29, 1.82) is 0 Å². The van der Waals surface area contributed by atoms with E-state index in [-0.39, 0.29) is 0 Å². The average molecular weight is 130 g/mol. The predicted molar refractivity (Wildman–Crippen MR) is 35.4 cm³/mol. The van der Waals surface area contributed by atoms with Gasteiger partial charge in [0.1, 0.15) is 0 Å². The first-order chi connectivity index (χ1) is 4.33. The van der Waals surface area contributed by atoms with Gasteiger partial charge in [-0.1, -0.05) is 0 Å². The topological polar surface area (TPSA) is 18.5 Å². The molecule has 1 unspecified atom stereocenters. The van der Waals surface area contributed by atoms with Crippen LogP contribution in [-0.2, 0) is 9.47 Å². The van der Waals surface area contributed by atoms with Gasteiger partial charge < -0.3 is 9.47 Å². The zero-order chi connectivity index (χ0) is 6.69. The maximum absolute atomic E-state index is 5.33. The van der Waals surface area contributed by atoms with Gasteiger partial charge in [-0.25, -0.2) is 0 Å². The molecule has 2 heteroatoms. The van der Waals surface area contributed by atoms with Crippen LogP contribution in [0.4, 0.5) is 0 Å². The van der Waals surface area contributed by atoms with Crippen LogP contribution in [0.5, 0.6) is 0 Å². The molecule has 0 N–H and O–H groups in total. The highest BCUT2D eigenvalue weighted by Crippen LogP contribution is 2.14. The van der Waals surface area contributed by atoms with Gasteiger partial charge in [-0.05, 0) is 19.8 Å². The van der Waals surface area contributed by atoms with E-state index in [9.17, 15) is 0 Å². The molecule has 0 radical (unpaired) electrons. The van der Waals surface area contributed by atoms with Crippen molar-refractivity contribution in [2.75, 3.05) is 13.7 Å². The van der Waals surface area contributed by atoms with Crippen molar-refractivity contribution in [2.24, 2.45) is 0 Å². The Morgan fingerprint density at radius 3 is 2.78 bits per heavy atom. The van der Waals surface area contributed by atoms with Gasteiger partial charge in [0, 0.05) is 13.7 Å². The van der Waals surface area contributed by atoms with Crippen LogP contribution in [0.1, 0.15) is 19.8 Å². The molecule has 2 nitrogen and oxygen atoms in total. The van der Waals surface area contributed by atoms with Crippen molar-refractivity contribution in [3.05, 3.63) is 0 Å². The molecule has 1 heterocycles. The number of rotatable bonds is 1. The SMILES string of the molecule is CO[C@H]1CCOC(C)C1. The van der Waals surface area contributed by atoms with Crippen molar-refractivity contribution >= 4 is 0 Å². The predicted octanol–water partition coefficient (Wildman–Crippen LogP) is 1.20. The van der Waals surface area contributed by atoms with E-state index in [0.29, 0.717) is 12.2 Å². The van der Waals surface area contributed by atoms with Gasteiger partial charge in [-0.15, -0.1) is 0 Å². The van der Waals surface area contributed by atoms with E-state index < -0.39 is 0 Å². The molecule has 0 aliphatic carbocycles. The highest BCUT2D eigenvalue weighted by Gasteiger charge is 2.17. The summed E-state index contributed by atoms with van der Waals surface area (Å²) in [5, 5.41) is 0. The molecule has 1 fully saturated rings. The summed E-state index contributed by atoms with van der Waals surface area (Å²) < 4.78 is 10.5. The first kappa shape index (κ1) is 7.03. The molecule has 0 bridgehead atoms. The zero-order valence-electron chi connectivity index (χ0n) is 6.09. The number of ether oxygens (including phenoxy) is 2. The van der Waals surface area contributed by atoms with Crippen LogP contribution >= 0.6 is 0 Å². The summed E-state index contributed by atoms with van der Waals surface area (Å²) in [6.07, 6.45) is 2.94. The molecule has 0 spiro atoms. The van der Waals surface area contributed by atoms with E-state index in [1.54, 1.807) is 7.11 Å². The van der Waals surface area contributed by atoms with E-state index >= 15 is 0 Å². The van der Waals surface area contributed by atoms with Gasteiger partial charge in [0.05, 0.1) is 12.2 Å². The highest BCUT2D eigenvalue weighted by molar-refractivity contribution is 4.67. The van der Waals surface area contributed by atoms with Gasteiger partial charge >= 0.3 is 0 Å². The second kappa shape index (κ2) is 3.18. The van der Waals surface area contributed by atoms with Crippen LogP contribution in [0.25, 0.3) is 0 Å². The molecule has 1 aliphatic rings. The van der Waals surface area contributed by atoms with Crippen molar-refractivity contribution in [1.82, 2.24) is 0 Å². The summed E-state index contributed by atoms with van der Waals surface area (Å²) in [6.45, 7) is 2.95. The van der Waals surface area contributed by atoms with Gasteiger partial charge in [0.2, 0.25) is 0 Å². The Balaban J connectivity index is 2.23. The normalized spacial score (nSPS) is 36.7. The standard InChI is InChI=1S/C7H14O2/c1-6-5-7(8-2)3-4-9-6/h6-7H,3-5H2,1-2H3/t6?,7-/m0/s1. The number of methoxy groups -OCH3 is 1. The molecular formula is C7H14O2. The third-order valence-corrected chi connectivity index (χ3v) is 1.77. The second-order valence-electron chi connectivity index (χ2n) is 2.56. The molecule has 0 amide bonds. The monoisotopic (exact) mass is 130 g/mol. The minimum absolute atomic E-state index is 0.392. The molecule has 0 aromatic carbocycles. The van der Waals surface area contributed by atoms with Crippen LogP contribution in [0.15, 0.2) is 0 Å². The second-order valence-corrected chi connectivity index (χ2v) is 2.56. The lowest BCUT2D eigenvalue weighted by atomic mass is 10.1. The first-order valence-corrected chi connectivity index (χ1v) is 3.47. The summed E-state index contributed by atoms with van der Waals surface area (Å²) in [5.41, 5.74) is 0. The summed E-state index contributed by atoms with van der Waals surface area (Å²) in [7, 11) is 1.77.